The first-order valence-corrected chi connectivity index (χ1v) is 7.02. The van der Waals surface area contributed by atoms with Gasteiger partial charge in [-0.25, -0.2) is 18.1 Å². The number of sulfonamides is 1. The molecule has 0 aliphatic rings. The van der Waals surface area contributed by atoms with E-state index in [1.807, 2.05) is 18.2 Å². The van der Waals surface area contributed by atoms with E-state index in [2.05, 4.69) is 24.9 Å². The van der Waals surface area contributed by atoms with Crippen LogP contribution in [0.1, 0.15) is 5.69 Å². The number of aromatic nitrogens is 4. The van der Waals surface area contributed by atoms with Crippen molar-refractivity contribution in [2.24, 2.45) is 0 Å². The van der Waals surface area contributed by atoms with Gasteiger partial charge in [0.15, 0.2) is 0 Å². The SMILES string of the molecule is Cc1[nH]ncc1S(=O)(=O)Nc1nc2ccccc2[nH]1. The van der Waals surface area contributed by atoms with Crippen LogP contribution in [-0.2, 0) is 10.0 Å². The lowest BCUT2D eigenvalue weighted by Crippen LogP contribution is -2.14. The van der Waals surface area contributed by atoms with Crippen LogP contribution in [0.25, 0.3) is 11.0 Å². The summed E-state index contributed by atoms with van der Waals surface area (Å²) in [5.41, 5.74) is 1.94. The molecule has 2 aromatic heterocycles. The van der Waals surface area contributed by atoms with E-state index < -0.39 is 10.0 Å². The lowest BCUT2D eigenvalue weighted by Gasteiger charge is -2.03. The van der Waals surface area contributed by atoms with E-state index in [1.54, 1.807) is 13.0 Å². The summed E-state index contributed by atoms with van der Waals surface area (Å²) in [6.07, 6.45) is 1.26. The van der Waals surface area contributed by atoms with Gasteiger partial charge in [0.2, 0.25) is 5.95 Å². The lowest BCUT2D eigenvalue weighted by molar-refractivity contribution is 0.600. The summed E-state index contributed by atoms with van der Waals surface area (Å²) in [6.45, 7) is 1.64. The molecule has 0 spiro atoms. The molecule has 98 valence electrons. The van der Waals surface area contributed by atoms with Crippen LogP contribution < -0.4 is 4.72 Å². The van der Waals surface area contributed by atoms with Crippen molar-refractivity contribution in [3.8, 4) is 0 Å². The molecule has 0 unspecified atom stereocenters. The van der Waals surface area contributed by atoms with E-state index >= 15 is 0 Å². The molecule has 0 saturated heterocycles. The predicted octanol–water partition coefficient (Wildman–Crippen LogP) is 1.40. The molecular weight excluding hydrogens is 266 g/mol. The van der Waals surface area contributed by atoms with Crippen LogP contribution in [0.5, 0.6) is 0 Å². The molecule has 1 aromatic carbocycles. The molecule has 3 N–H and O–H groups in total. The molecule has 3 aromatic rings. The third-order valence-corrected chi connectivity index (χ3v) is 4.15. The number of hydrogen-bond acceptors (Lipinski definition) is 4. The number of nitrogens with zero attached hydrogens (tertiary/aromatic N) is 2. The summed E-state index contributed by atoms with van der Waals surface area (Å²) in [5, 5.41) is 6.28. The van der Waals surface area contributed by atoms with Crippen LogP contribution in [0.15, 0.2) is 35.4 Å². The normalized spacial score (nSPS) is 11.8. The second-order valence-electron chi connectivity index (χ2n) is 4.07. The summed E-state index contributed by atoms with van der Waals surface area (Å²) in [5.74, 6) is 0.182. The Hall–Kier alpha value is -2.35. The van der Waals surface area contributed by atoms with Gasteiger partial charge >= 0.3 is 0 Å². The number of nitrogens with one attached hydrogen (secondary N) is 3. The van der Waals surface area contributed by atoms with Gasteiger partial charge in [-0.1, -0.05) is 12.1 Å². The molecular formula is C11H11N5O2S. The number of para-hydroxylation sites is 2. The molecule has 0 radical (unpaired) electrons. The van der Waals surface area contributed by atoms with Crippen molar-refractivity contribution in [3.05, 3.63) is 36.2 Å². The van der Waals surface area contributed by atoms with Gasteiger partial charge in [-0.15, -0.1) is 0 Å². The number of imidazole rings is 1. The zero-order valence-electron chi connectivity index (χ0n) is 10.0. The van der Waals surface area contributed by atoms with E-state index in [9.17, 15) is 8.42 Å². The van der Waals surface area contributed by atoms with Crippen molar-refractivity contribution in [3.63, 3.8) is 0 Å². The molecule has 0 amide bonds. The Labute approximate surface area is 109 Å². The summed E-state index contributed by atoms with van der Waals surface area (Å²) in [6, 6.07) is 7.30. The van der Waals surface area contributed by atoms with Gasteiger partial charge in [-0.2, -0.15) is 5.10 Å². The lowest BCUT2D eigenvalue weighted by atomic mass is 10.3. The minimum atomic E-state index is -3.69. The van der Waals surface area contributed by atoms with Crippen molar-refractivity contribution in [1.82, 2.24) is 20.2 Å². The Morgan fingerprint density at radius 3 is 2.74 bits per heavy atom. The van der Waals surface area contributed by atoms with E-state index in [0.29, 0.717) is 11.2 Å². The number of aromatic amines is 2. The zero-order valence-corrected chi connectivity index (χ0v) is 10.8. The van der Waals surface area contributed by atoms with Crippen molar-refractivity contribution in [2.75, 3.05) is 4.72 Å². The minimum absolute atomic E-state index is 0.105. The molecule has 8 heteroatoms. The summed E-state index contributed by atoms with van der Waals surface area (Å²) in [4.78, 5) is 7.17. The first-order valence-electron chi connectivity index (χ1n) is 5.54. The summed E-state index contributed by atoms with van der Waals surface area (Å²) < 4.78 is 26.7. The maximum atomic E-state index is 12.1. The Bertz CT molecular complexity index is 801. The van der Waals surface area contributed by atoms with Gasteiger partial charge in [-0.05, 0) is 19.1 Å². The number of anilines is 1. The second kappa shape index (κ2) is 4.09. The van der Waals surface area contributed by atoms with Crippen LogP contribution in [-0.4, -0.2) is 28.6 Å². The maximum absolute atomic E-state index is 12.1. The van der Waals surface area contributed by atoms with Gasteiger partial charge in [-0.3, -0.25) is 5.10 Å². The molecule has 7 nitrogen and oxygen atoms in total. The average molecular weight is 277 g/mol. The quantitative estimate of drug-likeness (QED) is 0.673. The van der Waals surface area contributed by atoms with E-state index in [4.69, 9.17) is 0 Å². The fraction of sp³-hybridized carbons (Fsp3) is 0.0909. The van der Waals surface area contributed by atoms with Crippen LogP contribution >= 0.6 is 0 Å². The Kier molecular flexibility index (Phi) is 2.53. The summed E-state index contributed by atoms with van der Waals surface area (Å²) >= 11 is 0. The highest BCUT2D eigenvalue weighted by Gasteiger charge is 2.20. The first kappa shape index (κ1) is 11.7. The molecule has 19 heavy (non-hydrogen) atoms. The highest BCUT2D eigenvalue weighted by atomic mass is 32.2. The maximum Gasteiger partial charge on any atom is 0.267 e. The number of hydrogen-bond donors (Lipinski definition) is 3. The molecule has 0 bridgehead atoms. The summed E-state index contributed by atoms with van der Waals surface area (Å²) in [7, 11) is -3.69. The highest BCUT2D eigenvalue weighted by molar-refractivity contribution is 7.92. The second-order valence-corrected chi connectivity index (χ2v) is 5.72. The highest BCUT2D eigenvalue weighted by Crippen LogP contribution is 2.18. The number of H-pyrrole nitrogens is 2. The largest absolute Gasteiger partial charge is 0.323 e. The number of aryl methyl sites for hydroxylation is 1. The Morgan fingerprint density at radius 1 is 1.26 bits per heavy atom. The fourth-order valence-corrected chi connectivity index (χ4v) is 2.90. The first-order chi connectivity index (χ1) is 9.06. The standard InChI is InChI=1S/C11H11N5O2S/c1-7-10(6-12-15-7)19(17,18)16-11-13-8-4-2-3-5-9(8)14-11/h2-6H,1H3,(H,12,15)(H2,13,14,16). The number of fused-ring (bicyclic) bond motifs is 1. The third kappa shape index (κ3) is 2.06. The van der Waals surface area contributed by atoms with E-state index in [-0.39, 0.29) is 10.8 Å². The van der Waals surface area contributed by atoms with E-state index in [0.717, 1.165) is 5.52 Å². The van der Waals surface area contributed by atoms with E-state index in [1.165, 1.54) is 6.20 Å². The molecule has 0 saturated carbocycles. The van der Waals surface area contributed by atoms with Crippen LogP contribution in [0.3, 0.4) is 0 Å². The monoisotopic (exact) mass is 277 g/mol. The van der Waals surface area contributed by atoms with Crippen LogP contribution in [0.4, 0.5) is 5.95 Å². The Morgan fingerprint density at radius 2 is 2.05 bits per heavy atom. The van der Waals surface area contributed by atoms with Gasteiger partial charge in [0, 0.05) is 0 Å². The van der Waals surface area contributed by atoms with Crippen molar-refractivity contribution < 1.29 is 8.42 Å². The smallest absolute Gasteiger partial charge is 0.267 e. The number of benzene rings is 1. The molecule has 0 aliphatic heterocycles. The number of rotatable bonds is 3. The predicted molar refractivity (Wildman–Crippen MR) is 70.2 cm³/mol. The molecule has 0 aliphatic carbocycles. The Balaban J connectivity index is 1.99. The molecule has 2 heterocycles. The van der Waals surface area contributed by atoms with Crippen molar-refractivity contribution >= 4 is 27.0 Å². The third-order valence-electron chi connectivity index (χ3n) is 2.69. The van der Waals surface area contributed by atoms with Crippen LogP contribution in [0, 0.1) is 6.92 Å². The van der Waals surface area contributed by atoms with Crippen molar-refractivity contribution in [2.45, 2.75) is 11.8 Å². The molecule has 3 rings (SSSR count). The minimum Gasteiger partial charge on any atom is -0.323 e. The molecule has 0 atom stereocenters. The average Bonchev–Trinajstić information content (AvgIpc) is 2.93. The molecule has 0 fully saturated rings. The van der Waals surface area contributed by atoms with Crippen molar-refractivity contribution in [1.29, 1.82) is 0 Å². The van der Waals surface area contributed by atoms with Gasteiger partial charge in [0.05, 0.1) is 22.9 Å². The van der Waals surface area contributed by atoms with Crippen LogP contribution in [0.2, 0.25) is 0 Å². The topological polar surface area (TPSA) is 104 Å². The fourth-order valence-electron chi connectivity index (χ4n) is 1.79. The zero-order chi connectivity index (χ0) is 13.5. The van der Waals surface area contributed by atoms with Gasteiger partial charge in [0.25, 0.3) is 10.0 Å². The van der Waals surface area contributed by atoms with Gasteiger partial charge < -0.3 is 4.98 Å². The van der Waals surface area contributed by atoms with Gasteiger partial charge in [0.1, 0.15) is 4.90 Å².